The van der Waals surface area contributed by atoms with Gasteiger partial charge >= 0.3 is 0 Å². The van der Waals surface area contributed by atoms with E-state index in [4.69, 9.17) is 9.47 Å². The maximum Gasteiger partial charge on any atom is 0.160 e. The van der Waals surface area contributed by atoms with Gasteiger partial charge in [0.2, 0.25) is 0 Å². The number of rotatable bonds is 1. The van der Waals surface area contributed by atoms with Gasteiger partial charge in [-0.05, 0) is 36.5 Å². The molecule has 3 fully saturated rings. The molecular weight excluding hydrogens is 176 g/mol. The molecule has 0 aromatic carbocycles. The van der Waals surface area contributed by atoms with Gasteiger partial charge in [0, 0.05) is 5.92 Å². The van der Waals surface area contributed by atoms with Crippen molar-refractivity contribution >= 4 is 0 Å². The highest BCUT2D eigenvalue weighted by Crippen LogP contribution is 2.53. The van der Waals surface area contributed by atoms with E-state index in [1.165, 1.54) is 12.8 Å². The molecule has 3 aliphatic rings. The quantitative estimate of drug-likeness (QED) is 0.640. The molecule has 2 saturated heterocycles. The van der Waals surface area contributed by atoms with Gasteiger partial charge in [0.25, 0.3) is 0 Å². The lowest BCUT2D eigenvalue weighted by atomic mass is 9.79. The SMILES string of the molecule is CC(C)[C@H]1CC2CO[C@H]3OCC[C@@H]1[C@@H]23. The largest absolute Gasteiger partial charge is 0.352 e. The highest BCUT2D eigenvalue weighted by atomic mass is 16.7. The molecule has 2 heterocycles. The van der Waals surface area contributed by atoms with Crippen LogP contribution < -0.4 is 0 Å². The first-order valence-corrected chi connectivity index (χ1v) is 6.00. The van der Waals surface area contributed by atoms with E-state index in [0.29, 0.717) is 0 Å². The summed E-state index contributed by atoms with van der Waals surface area (Å²) in [4.78, 5) is 0. The van der Waals surface area contributed by atoms with E-state index >= 15 is 0 Å². The molecule has 0 aromatic rings. The lowest BCUT2D eigenvalue weighted by molar-refractivity contribution is -0.170. The van der Waals surface area contributed by atoms with Crippen LogP contribution >= 0.6 is 0 Å². The van der Waals surface area contributed by atoms with Gasteiger partial charge in [-0.15, -0.1) is 0 Å². The summed E-state index contributed by atoms with van der Waals surface area (Å²) in [6.45, 7) is 6.62. The van der Waals surface area contributed by atoms with E-state index in [1.54, 1.807) is 0 Å². The molecule has 2 aliphatic heterocycles. The Hall–Kier alpha value is -0.0800. The van der Waals surface area contributed by atoms with Crippen molar-refractivity contribution < 1.29 is 9.47 Å². The summed E-state index contributed by atoms with van der Waals surface area (Å²) >= 11 is 0. The first kappa shape index (κ1) is 9.17. The molecule has 14 heavy (non-hydrogen) atoms. The van der Waals surface area contributed by atoms with Crippen LogP contribution in [0.4, 0.5) is 0 Å². The molecule has 5 atom stereocenters. The monoisotopic (exact) mass is 196 g/mol. The lowest BCUT2D eigenvalue weighted by Gasteiger charge is -2.34. The van der Waals surface area contributed by atoms with Gasteiger partial charge in [0.15, 0.2) is 6.29 Å². The molecular formula is C12H20O2. The third kappa shape index (κ3) is 1.17. The molecule has 0 radical (unpaired) electrons. The molecule has 1 unspecified atom stereocenters. The zero-order chi connectivity index (χ0) is 9.71. The Labute approximate surface area is 86.0 Å². The molecule has 0 spiro atoms. The van der Waals surface area contributed by atoms with Crippen LogP contribution in [0, 0.1) is 29.6 Å². The Kier molecular flexibility index (Phi) is 2.10. The van der Waals surface area contributed by atoms with Gasteiger partial charge in [-0.1, -0.05) is 13.8 Å². The van der Waals surface area contributed by atoms with Crippen molar-refractivity contribution in [3.05, 3.63) is 0 Å². The second-order valence-electron chi connectivity index (χ2n) is 5.51. The molecule has 2 heteroatoms. The zero-order valence-electron chi connectivity index (χ0n) is 9.11. The summed E-state index contributed by atoms with van der Waals surface area (Å²) in [5.41, 5.74) is 0. The van der Waals surface area contributed by atoms with E-state index in [2.05, 4.69) is 13.8 Å². The third-order valence-corrected chi connectivity index (χ3v) is 4.54. The normalized spacial score (nSPS) is 51.2. The van der Waals surface area contributed by atoms with E-state index in [1.807, 2.05) is 0 Å². The number of ether oxygens (including phenoxy) is 2. The van der Waals surface area contributed by atoms with Crippen molar-refractivity contribution in [1.29, 1.82) is 0 Å². The van der Waals surface area contributed by atoms with Crippen molar-refractivity contribution in [3.63, 3.8) is 0 Å². The van der Waals surface area contributed by atoms with E-state index in [9.17, 15) is 0 Å². The van der Waals surface area contributed by atoms with Crippen LogP contribution in [0.15, 0.2) is 0 Å². The first-order valence-electron chi connectivity index (χ1n) is 6.00. The van der Waals surface area contributed by atoms with Crippen molar-refractivity contribution in [3.8, 4) is 0 Å². The van der Waals surface area contributed by atoms with Gasteiger partial charge in [-0.3, -0.25) is 0 Å². The minimum absolute atomic E-state index is 0.155. The van der Waals surface area contributed by atoms with E-state index in [0.717, 1.165) is 42.8 Å². The van der Waals surface area contributed by atoms with Crippen LogP contribution in [0.3, 0.4) is 0 Å². The molecule has 3 rings (SSSR count). The highest BCUT2D eigenvalue weighted by molar-refractivity contribution is 4.98. The van der Waals surface area contributed by atoms with Crippen LogP contribution in [0.5, 0.6) is 0 Å². The van der Waals surface area contributed by atoms with Gasteiger partial charge in [-0.2, -0.15) is 0 Å². The minimum atomic E-state index is 0.155. The fraction of sp³-hybridized carbons (Fsp3) is 1.00. The number of hydrogen-bond acceptors (Lipinski definition) is 2. The van der Waals surface area contributed by atoms with Crippen LogP contribution in [0.1, 0.15) is 26.7 Å². The zero-order valence-corrected chi connectivity index (χ0v) is 9.11. The third-order valence-electron chi connectivity index (χ3n) is 4.54. The highest BCUT2D eigenvalue weighted by Gasteiger charge is 2.53. The second-order valence-corrected chi connectivity index (χ2v) is 5.51. The first-order chi connectivity index (χ1) is 6.77. The Bertz CT molecular complexity index is 224. The molecule has 1 saturated carbocycles. The predicted molar refractivity (Wildman–Crippen MR) is 53.7 cm³/mol. The Morgan fingerprint density at radius 2 is 2.07 bits per heavy atom. The maximum absolute atomic E-state index is 5.70. The van der Waals surface area contributed by atoms with E-state index in [-0.39, 0.29) is 6.29 Å². The van der Waals surface area contributed by atoms with E-state index < -0.39 is 0 Å². The van der Waals surface area contributed by atoms with Gasteiger partial charge < -0.3 is 9.47 Å². The molecule has 0 aromatic heterocycles. The molecule has 0 amide bonds. The fourth-order valence-corrected chi connectivity index (χ4v) is 3.90. The predicted octanol–water partition coefficient (Wildman–Crippen LogP) is 2.29. The average Bonchev–Trinajstić information content (AvgIpc) is 2.72. The smallest absolute Gasteiger partial charge is 0.160 e. The van der Waals surface area contributed by atoms with Gasteiger partial charge in [0.1, 0.15) is 0 Å². The topological polar surface area (TPSA) is 18.5 Å². The summed E-state index contributed by atoms with van der Waals surface area (Å²) in [6, 6.07) is 0. The van der Waals surface area contributed by atoms with Crippen molar-refractivity contribution in [2.24, 2.45) is 29.6 Å². The van der Waals surface area contributed by atoms with Gasteiger partial charge in [0.05, 0.1) is 13.2 Å². The standard InChI is InChI=1S/C12H20O2/c1-7(2)10-5-8-6-14-12-11(8)9(10)3-4-13-12/h7-12H,3-6H2,1-2H3/t8?,9-,10+,11+,12+/m0/s1. The van der Waals surface area contributed by atoms with Crippen molar-refractivity contribution in [1.82, 2.24) is 0 Å². The second kappa shape index (κ2) is 3.21. The molecule has 0 N–H and O–H groups in total. The molecule has 2 nitrogen and oxygen atoms in total. The fourth-order valence-electron chi connectivity index (χ4n) is 3.90. The van der Waals surface area contributed by atoms with Crippen LogP contribution in [0.25, 0.3) is 0 Å². The average molecular weight is 196 g/mol. The molecule has 80 valence electrons. The van der Waals surface area contributed by atoms with Gasteiger partial charge in [-0.25, -0.2) is 0 Å². The summed E-state index contributed by atoms with van der Waals surface area (Å²) in [7, 11) is 0. The van der Waals surface area contributed by atoms with Crippen molar-refractivity contribution in [2.45, 2.75) is 33.0 Å². The lowest BCUT2D eigenvalue weighted by Crippen LogP contribution is -2.35. The molecule has 0 bridgehead atoms. The minimum Gasteiger partial charge on any atom is -0.352 e. The Morgan fingerprint density at radius 1 is 1.21 bits per heavy atom. The summed E-state index contributed by atoms with van der Waals surface area (Å²) < 4.78 is 11.4. The van der Waals surface area contributed by atoms with Crippen LogP contribution in [-0.4, -0.2) is 19.5 Å². The van der Waals surface area contributed by atoms with Crippen molar-refractivity contribution in [2.75, 3.05) is 13.2 Å². The summed E-state index contributed by atoms with van der Waals surface area (Å²) in [5, 5.41) is 0. The number of hydrogen-bond donors (Lipinski definition) is 0. The van der Waals surface area contributed by atoms with Crippen LogP contribution in [-0.2, 0) is 9.47 Å². The summed E-state index contributed by atoms with van der Waals surface area (Å²) in [5.74, 6) is 4.19. The maximum atomic E-state index is 5.70. The van der Waals surface area contributed by atoms with Crippen LogP contribution in [0.2, 0.25) is 0 Å². The summed E-state index contributed by atoms with van der Waals surface area (Å²) in [6.07, 6.45) is 2.80. The Morgan fingerprint density at radius 3 is 2.86 bits per heavy atom. The molecule has 1 aliphatic carbocycles. The Balaban J connectivity index is 1.84.